The minimum atomic E-state index is -3.79. The highest BCUT2D eigenvalue weighted by molar-refractivity contribution is 7.89. The Bertz CT molecular complexity index is 1200. The van der Waals surface area contributed by atoms with Crippen LogP contribution in [0.15, 0.2) is 59.5 Å². The van der Waals surface area contributed by atoms with Gasteiger partial charge in [-0.1, -0.05) is 50.2 Å². The molecule has 0 unspecified atom stereocenters. The highest BCUT2D eigenvalue weighted by Gasteiger charge is 2.29. The molecular formula is C26H33N3O7S. The van der Waals surface area contributed by atoms with Crippen LogP contribution in [0.2, 0.25) is 0 Å². The van der Waals surface area contributed by atoms with Gasteiger partial charge in [0.2, 0.25) is 10.0 Å². The van der Waals surface area contributed by atoms with Crippen molar-refractivity contribution in [3.05, 3.63) is 65.7 Å². The molecule has 0 aromatic heterocycles. The van der Waals surface area contributed by atoms with Gasteiger partial charge in [-0.25, -0.2) is 13.2 Å². The average molecular weight is 532 g/mol. The number of esters is 1. The molecule has 10 nitrogen and oxygen atoms in total. The van der Waals surface area contributed by atoms with Crippen LogP contribution < -0.4 is 10.6 Å². The summed E-state index contributed by atoms with van der Waals surface area (Å²) < 4.78 is 37.6. The number of nitrogens with zero attached hydrogens (tertiary/aromatic N) is 1. The van der Waals surface area contributed by atoms with E-state index in [1.54, 1.807) is 13.8 Å². The topological polar surface area (TPSA) is 131 Å². The van der Waals surface area contributed by atoms with Crippen molar-refractivity contribution in [3.63, 3.8) is 0 Å². The number of rotatable bonds is 10. The van der Waals surface area contributed by atoms with Crippen molar-refractivity contribution in [2.24, 2.45) is 5.92 Å². The van der Waals surface area contributed by atoms with Crippen molar-refractivity contribution in [1.82, 2.24) is 14.9 Å². The van der Waals surface area contributed by atoms with Crippen molar-refractivity contribution in [2.45, 2.75) is 37.8 Å². The fraction of sp³-hybridized carbons (Fsp3) is 0.423. The molecule has 1 aliphatic heterocycles. The molecule has 37 heavy (non-hydrogen) atoms. The normalized spacial score (nSPS) is 16.0. The number of carbonyl (C=O) groups is 3. The first-order valence-electron chi connectivity index (χ1n) is 12.1. The second kappa shape index (κ2) is 12.8. The first-order valence-corrected chi connectivity index (χ1v) is 13.5. The second-order valence-corrected chi connectivity index (χ2v) is 11.0. The summed E-state index contributed by atoms with van der Waals surface area (Å²) >= 11 is 0. The smallest absolute Gasteiger partial charge is 0.329 e. The van der Waals surface area contributed by atoms with Gasteiger partial charge < -0.3 is 20.1 Å². The fourth-order valence-electron chi connectivity index (χ4n) is 3.79. The third kappa shape index (κ3) is 7.61. The van der Waals surface area contributed by atoms with Crippen molar-refractivity contribution < 1.29 is 32.3 Å². The van der Waals surface area contributed by atoms with Gasteiger partial charge in [0.15, 0.2) is 6.61 Å². The molecule has 2 N–H and O–H groups in total. The van der Waals surface area contributed by atoms with Crippen LogP contribution in [0.3, 0.4) is 0 Å². The number of nitrogens with one attached hydrogen (secondary N) is 2. The Hall–Kier alpha value is -3.28. The number of sulfonamides is 1. The summed E-state index contributed by atoms with van der Waals surface area (Å²) in [6, 6.07) is 13.7. The number of benzene rings is 2. The Morgan fingerprint density at radius 2 is 1.65 bits per heavy atom. The van der Waals surface area contributed by atoms with Gasteiger partial charge in [0.25, 0.3) is 11.8 Å². The lowest BCUT2D eigenvalue weighted by Gasteiger charge is -2.26. The van der Waals surface area contributed by atoms with Gasteiger partial charge in [0.1, 0.15) is 6.04 Å². The van der Waals surface area contributed by atoms with E-state index in [-0.39, 0.29) is 35.5 Å². The number of morpholine rings is 1. The van der Waals surface area contributed by atoms with Crippen molar-refractivity contribution >= 4 is 27.8 Å². The SMILES string of the molecule is CC(C)[C@H](NC(=O)c1cccc(S(=O)(=O)N2CCOCC2)c1)C(=O)OCC(=O)N[C@H](C)c1ccccc1. The first kappa shape index (κ1) is 28.3. The van der Waals surface area contributed by atoms with Crippen LogP contribution in [0.1, 0.15) is 42.7 Å². The van der Waals surface area contributed by atoms with Gasteiger partial charge in [0, 0.05) is 18.7 Å². The quantitative estimate of drug-likeness (QED) is 0.448. The molecule has 3 rings (SSSR count). The molecule has 1 aliphatic rings. The van der Waals surface area contributed by atoms with E-state index in [0.717, 1.165) is 5.56 Å². The largest absolute Gasteiger partial charge is 0.454 e. The summed E-state index contributed by atoms with van der Waals surface area (Å²) in [6.45, 7) is 5.85. The Morgan fingerprint density at radius 1 is 0.973 bits per heavy atom. The molecule has 0 bridgehead atoms. The van der Waals surface area contributed by atoms with Crippen LogP contribution in [0.5, 0.6) is 0 Å². The van der Waals surface area contributed by atoms with Gasteiger partial charge >= 0.3 is 5.97 Å². The van der Waals surface area contributed by atoms with E-state index >= 15 is 0 Å². The molecule has 0 radical (unpaired) electrons. The van der Waals surface area contributed by atoms with E-state index in [9.17, 15) is 22.8 Å². The molecule has 11 heteroatoms. The van der Waals surface area contributed by atoms with Gasteiger partial charge in [-0.15, -0.1) is 0 Å². The maximum absolute atomic E-state index is 12.9. The zero-order valence-corrected chi connectivity index (χ0v) is 22.0. The van der Waals surface area contributed by atoms with E-state index in [1.165, 1.54) is 28.6 Å². The molecule has 2 amide bonds. The maximum atomic E-state index is 12.9. The van der Waals surface area contributed by atoms with Gasteiger partial charge in [-0.05, 0) is 36.6 Å². The molecular weight excluding hydrogens is 498 g/mol. The molecule has 0 spiro atoms. The fourth-order valence-corrected chi connectivity index (χ4v) is 5.25. The zero-order chi connectivity index (χ0) is 27.0. The third-order valence-electron chi connectivity index (χ3n) is 5.93. The highest BCUT2D eigenvalue weighted by atomic mass is 32.2. The van der Waals surface area contributed by atoms with E-state index in [0.29, 0.717) is 13.2 Å². The average Bonchev–Trinajstić information content (AvgIpc) is 2.91. The van der Waals surface area contributed by atoms with Crippen LogP contribution in [0.25, 0.3) is 0 Å². The Kier molecular flexibility index (Phi) is 9.79. The molecule has 1 heterocycles. The molecule has 0 aliphatic carbocycles. The van der Waals surface area contributed by atoms with Gasteiger partial charge in [-0.3, -0.25) is 9.59 Å². The molecule has 1 saturated heterocycles. The summed E-state index contributed by atoms with van der Waals surface area (Å²) in [5.41, 5.74) is 0.995. The van der Waals surface area contributed by atoms with Crippen LogP contribution in [-0.2, 0) is 29.1 Å². The number of ether oxygens (including phenoxy) is 2. The minimum absolute atomic E-state index is 0.0186. The zero-order valence-electron chi connectivity index (χ0n) is 21.2. The summed E-state index contributed by atoms with van der Waals surface area (Å²) in [4.78, 5) is 37.9. The standard InChI is InChI=1S/C26H33N3O7S/c1-18(2)24(26(32)36-17-23(30)27-19(3)20-8-5-4-6-9-20)28-25(31)21-10-7-11-22(16-21)37(33,34)29-12-14-35-15-13-29/h4-11,16,18-19,24H,12-15,17H2,1-3H3,(H,27,30)(H,28,31)/t19-,24+/m1/s1. The van der Waals surface area contributed by atoms with Crippen LogP contribution >= 0.6 is 0 Å². The van der Waals surface area contributed by atoms with Gasteiger partial charge in [0.05, 0.1) is 24.2 Å². The van der Waals surface area contributed by atoms with Crippen molar-refractivity contribution in [2.75, 3.05) is 32.9 Å². The second-order valence-electron chi connectivity index (χ2n) is 9.05. The lowest BCUT2D eigenvalue weighted by Crippen LogP contribution is -2.46. The highest BCUT2D eigenvalue weighted by Crippen LogP contribution is 2.19. The molecule has 2 aromatic rings. The molecule has 2 aromatic carbocycles. The minimum Gasteiger partial charge on any atom is -0.454 e. The van der Waals surface area contributed by atoms with E-state index in [4.69, 9.17) is 9.47 Å². The van der Waals surface area contributed by atoms with E-state index < -0.39 is 40.5 Å². The predicted octanol–water partition coefficient (Wildman–Crippen LogP) is 1.88. The molecule has 2 atom stereocenters. The maximum Gasteiger partial charge on any atom is 0.329 e. The third-order valence-corrected chi connectivity index (χ3v) is 7.83. The van der Waals surface area contributed by atoms with Crippen molar-refractivity contribution in [1.29, 1.82) is 0 Å². The summed E-state index contributed by atoms with van der Waals surface area (Å²) in [5.74, 6) is -2.21. The molecule has 200 valence electrons. The predicted molar refractivity (Wildman–Crippen MR) is 136 cm³/mol. The van der Waals surface area contributed by atoms with Gasteiger partial charge in [-0.2, -0.15) is 4.31 Å². The van der Waals surface area contributed by atoms with E-state index in [2.05, 4.69) is 10.6 Å². The first-order chi connectivity index (χ1) is 17.6. The molecule has 1 fully saturated rings. The van der Waals surface area contributed by atoms with Crippen molar-refractivity contribution in [3.8, 4) is 0 Å². The number of hydrogen-bond donors (Lipinski definition) is 2. The summed E-state index contributed by atoms with van der Waals surface area (Å²) in [5, 5.41) is 5.37. The number of hydrogen-bond acceptors (Lipinski definition) is 7. The molecule has 0 saturated carbocycles. The Balaban J connectivity index is 1.61. The Morgan fingerprint density at radius 3 is 2.30 bits per heavy atom. The number of carbonyl (C=O) groups excluding carboxylic acids is 3. The van der Waals surface area contributed by atoms with E-state index in [1.807, 2.05) is 37.3 Å². The Labute approximate surface area is 217 Å². The van der Waals surface area contributed by atoms with Crippen LogP contribution in [0, 0.1) is 5.92 Å². The monoisotopic (exact) mass is 531 g/mol. The lowest BCUT2D eigenvalue weighted by atomic mass is 10.0. The summed E-state index contributed by atoms with van der Waals surface area (Å²) in [7, 11) is -3.79. The van der Waals surface area contributed by atoms with Crippen LogP contribution in [-0.4, -0.2) is 69.5 Å². The van der Waals surface area contributed by atoms with Crippen LogP contribution in [0.4, 0.5) is 0 Å². The number of amides is 2. The lowest BCUT2D eigenvalue weighted by molar-refractivity contribution is -0.151. The summed E-state index contributed by atoms with van der Waals surface area (Å²) in [6.07, 6.45) is 0.